The average Bonchev–Trinajstić information content (AvgIpc) is 3.11. The molecule has 4 saturated carbocycles. The third-order valence-corrected chi connectivity index (χ3v) is 9.85. The van der Waals surface area contributed by atoms with Gasteiger partial charge in [0, 0.05) is 12.1 Å². The molecule has 4 fully saturated rings. The van der Waals surface area contributed by atoms with E-state index < -0.39 is 5.60 Å². The molecule has 5 rings (SSSR count). The largest absolute Gasteiger partial charge is 0.390 e. The van der Waals surface area contributed by atoms with Crippen molar-refractivity contribution < 1.29 is 9.90 Å². The molecule has 0 saturated heterocycles. The molecule has 6 nitrogen and oxygen atoms in total. The van der Waals surface area contributed by atoms with Gasteiger partial charge in [-0.3, -0.25) is 4.79 Å². The summed E-state index contributed by atoms with van der Waals surface area (Å²) in [6.45, 7) is 4.55. The van der Waals surface area contributed by atoms with Crippen molar-refractivity contribution in [3.63, 3.8) is 0 Å². The minimum atomic E-state index is -0.461. The van der Waals surface area contributed by atoms with Crippen molar-refractivity contribution in [1.29, 1.82) is 0 Å². The standard InChI is InChI=1S/C26H38N4O2/c1-25(32)11-9-17-16(14-25)5-6-19-18(17)10-12-26(2)20(19)7-8-21(26)23(31)15-29-30-22-4-3-13-28-24(22)27/h3-4,13,16-21,32H,5-12,14-15H2,1-2H3,(H2,27,28)/t16-,17+,18-,19-,20+,21-,25-,26+/m1/s1. The zero-order chi connectivity index (χ0) is 22.5. The fourth-order valence-corrected chi connectivity index (χ4v) is 8.40. The Bertz CT molecular complexity index is 900. The Labute approximate surface area is 191 Å². The van der Waals surface area contributed by atoms with E-state index in [1.54, 1.807) is 18.3 Å². The monoisotopic (exact) mass is 438 g/mol. The average molecular weight is 439 g/mol. The number of ketones is 1. The fraction of sp³-hybridized carbons (Fsp3) is 0.769. The summed E-state index contributed by atoms with van der Waals surface area (Å²) in [4.78, 5) is 17.2. The summed E-state index contributed by atoms with van der Waals surface area (Å²) < 4.78 is 0. The van der Waals surface area contributed by atoms with Crippen molar-refractivity contribution in [3.05, 3.63) is 18.3 Å². The second-order valence-corrected chi connectivity index (χ2v) is 11.6. The highest BCUT2D eigenvalue weighted by molar-refractivity contribution is 5.84. The Kier molecular flexibility index (Phi) is 5.63. The Morgan fingerprint density at radius 3 is 2.75 bits per heavy atom. The number of fused-ring (bicyclic) bond motifs is 5. The van der Waals surface area contributed by atoms with E-state index in [4.69, 9.17) is 5.73 Å². The molecule has 0 unspecified atom stereocenters. The van der Waals surface area contributed by atoms with Gasteiger partial charge < -0.3 is 10.8 Å². The minimum Gasteiger partial charge on any atom is -0.390 e. The first-order chi connectivity index (χ1) is 15.3. The summed E-state index contributed by atoms with van der Waals surface area (Å²) in [6, 6.07) is 3.54. The lowest BCUT2D eigenvalue weighted by atomic mass is 9.49. The predicted octanol–water partition coefficient (Wildman–Crippen LogP) is 5.34. The second-order valence-electron chi connectivity index (χ2n) is 11.6. The molecule has 0 radical (unpaired) electrons. The predicted molar refractivity (Wildman–Crippen MR) is 124 cm³/mol. The molecule has 3 N–H and O–H groups in total. The van der Waals surface area contributed by atoms with Crippen LogP contribution in [0.2, 0.25) is 0 Å². The zero-order valence-corrected chi connectivity index (χ0v) is 19.5. The Hall–Kier alpha value is -1.82. The van der Waals surface area contributed by atoms with Crippen LogP contribution in [0.3, 0.4) is 0 Å². The number of pyridine rings is 1. The summed E-state index contributed by atoms with van der Waals surface area (Å²) in [5.74, 6) is 4.37. The maximum absolute atomic E-state index is 13.2. The Morgan fingerprint density at radius 2 is 1.94 bits per heavy atom. The number of hydrogen-bond acceptors (Lipinski definition) is 6. The summed E-state index contributed by atoms with van der Waals surface area (Å²) in [5.41, 5.74) is 6.00. The van der Waals surface area contributed by atoms with Crippen molar-refractivity contribution in [2.75, 3.05) is 12.3 Å². The molecule has 1 aromatic heterocycles. The SMILES string of the molecule is C[C@@]1(O)CC[C@H]2[C@H](CC[C@@H]3[C@@H]2CC[C@]2(C)[C@@H](C(=O)CN=Nc4cccnc4N)CC[C@@H]32)C1. The van der Waals surface area contributed by atoms with E-state index in [9.17, 15) is 9.90 Å². The van der Waals surface area contributed by atoms with Gasteiger partial charge in [-0.1, -0.05) is 6.92 Å². The highest BCUT2D eigenvalue weighted by atomic mass is 16.3. The van der Waals surface area contributed by atoms with E-state index in [-0.39, 0.29) is 23.7 Å². The summed E-state index contributed by atoms with van der Waals surface area (Å²) in [5, 5.41) is 18.9. The first kappa shape index (κ1) is 22.0. The van der Waals surface area contributed by atoms with Crippen LogP contribution in [-0.4, -0.2) is 28.0 Å². The second kappa shape index (κ2) is 8.19. The van der Waals surface area contributed by atoms with Crippen molar-refractivity contribution in [1.82, 2.24) is 4.98 Å². The maximum atomic E-state index is 13.2. The number of nitrogens with zero attached hydrogens (tertiary/aromatic N) is 3. The molecule has 0 amide bonds. The topological polar surface area (TPSA) is 101 Å². The maximum Gasteiger partial charge on any atom is 0.159 e. The lowest BCUT2D eigenvalue weighted by molar-refractivity contribution is -0.131. The summed E-state index contributed by atoms with van der Waals surface area (Å²) in [6.07, 6.45) is 11.9. The van der Waals surface area contributed by atoms with E-state index in [2.05, 4.69) is 22.1 Å². The Morgan fingerprint density at radius 1 is 1.12 bits per heavy atom. The molecule has 174 valence electrons. The summed E-state index contributed by atoms with van der Waals surface area (Å²) in [7, 11) is 0. The number of carbonyl (C=O) groups is 1. The highest BCUT2D eigenvalue weighted by Gasteiger charge is 2.58. The third-order valence-electron chi connectivity index (χ3n) is 9.85. The normalized spacial score (nSPS) is 43.5. The van der Waals surface area contributed by atoms with Gasteiger partial charge in [-0.25, -0.2) is 4.98 Å². The van der Waals surface area contributed by atoms with Crippen LogP contribution < -0.4 is 5.73 Å². The van der Waals surface area contributed by atoms with Gasteiger partial charge in [0.1, 0.15) is 12.2 Å². The molecule has 0 aromatic carbocycles. The molecule has 1 aromatic rings. The van der Waals surface area contributed by atoms with Crippen LogP contribution in [-0.2, 0) is 4.79 Å². The number of aliphatic hydroxyl groups is 1. The van der Waals surface area contributed by atoms with Gasteiger partial charge in [0.15, 0.2) is 11.6 Å². The number of nitrogen functional groups attached to an aromatic ring is 1. The molecular weight excluding hydrogens is 400 g/mol. The molecule has 0 spiro atoms. The first-order valence-corrected chi connectivity index (χ1v) is 12.6. The van der Waals surface area contributed by atoms with Gasteiger partial charge in [-0.05, 0) is 112 Å². The van der Waals surface area contributed by atoms with E-state index >= 15 is 0 Å². The van der Waals surface area contributed by atoms with Gasteiger partial charge in [-0.2, -0.15) is 10.2 Å². The van der Waals surface area contributed by atoms with Crippen LogP contribution in [0, 0.1) is 40.9 Å². The molecule has 0 aliphatic heterocycles. The number of aromatic nitrogens is 1. The van der Waals surface area contributed by atoms with Gasteiger partial charge in [-0.15, -0.1) is 0 Å². The van der Waals surface area contributed by atoms with Crippen LogP contribution in [0.5, 0.6) is 0 Å². The van der Waals surface area contributed by atoms with Crippen LogP contribution in [0.15, 0.2) is 28.6 Å². The highest BCUT2D eigenvalue weighted by Crippen LogP contribution is 2.64. The van der Waals surface area contributed by atoms with Crippen molar-refractivity contribution in [2.45, 2.75) is 77.2 Å². The van der Waals surface area contributed by atoms with Crippen LogP contribution in [0.1, 0.15) is 71.6 Å². The van der Waals surface area contributed by atoms with Crippen molar-refractivity contribution in [2.24, 2.45) is 51.2 Å². The zero-order valence-electron chi connectivity index (χ0n) is 19.5. The molecule has 0 bridgehead atoms. The number of carbonyl (C=O) groups excluding carboxylic acids is 1. The molecule has 1 heterocycles. The smallest absolute Gasteiger partial charge is 0.159 e. The number of rotatable bonds is 4. The third kappa shape index (κ3) is 3.78. The van der Waals surface area contributed by atoms with Crippen LogP contribution >= 0.6 is 0 Å². The van der Waals surface area contributed by atoms with E-state index in [0.717, 1.165) is 43.4 Å². The first-order valence-electron chi connectivity index (χ1n) is 12.6. The van der Waals surface area contributed by atoms with Gasteiger partial charge in [0.05, 0.1) is 5.60 Å². The van der Waals surface area contributed by atoms with Crippen molar-refractivity contribution in [3.8, 4) is 0 Å². The number of azo groups is 1. The van der Waals surface area contributed by atoms with Gasteiger partial charge >= 0.3 is 0 Å². The van der Waals surface area contributed by atoms with Gasteiger partial charge in [0.2, 0.25) is 0 Å². The fourth-order valence-electron chi connectivity index (χ4n) is 8.40. The lowest BCUT2D eigenvalue weighted by Gasteiger charge is -2.56. The molecule has 4 aliphatic rings. The molecule has 8 atom stereocenters. The van der Waals surface area contributed by atoms with Gasteiger partial charge in [0.25, 0.3) is 0 Å². The van der Waals surface area contributed by atoms with Crippen molar-refractivity contribution >= 4 is 17.3 Å². The van der Waals surface area contributed by atoms with Crippen LogP contribution in [0.4, 0.5) is 11.5 Å². The van der Waals surface area contributed by atoms with E-state index in [1.165, 1.54) is 32.1 Å². The lowest BCUT2D eigenvalue weighted by Crippen LogP contribution is -2.51. The quantitative estimate of drug-likeness (QED) is 0.620. The number of hydrogen-bond donors (Lipinski definition) is 2. The number of anilines is 1. The molecule has 4 aliphatic carbocycles. The number of Topliss-reactive ketones (excluding diaryl/α,β-unsaturated/α-hetero) is 1. The molecule has 32 heavy (non-hydrogen) atoms. The van der Waals surface area contributed by atoms with E-state index in [0.29, 0.717) is 23.3 Å². The minimum absolute atomic E-state index is 0.100. The number of nitrogens with two attached hydrogens (primary N) is 1. The summed E-state index contributed by atoms with van der Waals surface area (Å²) >= 11 is 0. The van der Waals surface area contributed by atoms with Crippen LogP contribution in [0.25, 0.3) is 0 Å². The molecule has 6 heteroatoms. The Balaban J connectivity index is 1.26. The molecular formula is C26H38N4O2. The van der Waals surface area contributed by atoms with E-state index in [1.807, 2.05) is 6.92 Å².